The molecule has 0 unspecified atom stereocenters. The Balaban J connectivity index is 1.90. The zero-order valence-corrected chi connectivity index (χ0v) is 12.1. The van der Waals surface area contributed by atoms with Crippen molar-refractivity contribution < 1.29 is 0 Å². The van der Waals surface area contributed by atoms with Crippen molar-refractivity contribution in [2.45, 2.75) is 46.3 Å². The number of hydrogen-bond donors (Lipinski definition) is 1. The zero-order valence-electron chi connectivity index (χ0n) is 12.1. The molecule has 19 heavy (non-hydrogen) atoms. The lowest BCUT2D eigenvalue weighted by molar-refractivity contribution is 0.600. The van der Waals surface area contributed by atoms with Crippen LogP contribution in [0.1, 0.15) is 37.2 Å². The summed E-state index contributed by atoms with van der Waals surface area (Å²) in [6.07, 6.45) is 8.04. The Morgan fingerprint density at radius 2 is 2.11 bits per heavy atom. The normalized spacial score (nSPS) is 11.1. The molecule has 0 aliphatic heterocycles. The molecule has 0 fully saturated rings. The van der Waals surface area contributed by atoms with E-state index in [2.05, 4.69) is 40.0 Å². The van der Waals surface area contributed by atoms with Crippen molar-refractivity contribution in [3.63, 3.8) is 0 Å². The fraction of sp³-hybridized carbons (Fsp3) is 0.571. The summed E-state index contributed by atoms with van der Waals surface area (Å²) in [5, 5.41) is 7.93. The molecule has 0 amide bonds. The molecule has 0 bridgehead atoms. The monoisotopic (exact) mass is 261 g/mol. The third-order valence-electron chi connectivity index (χ3n) is 3.21. The van der Waals surface area contributed by atoms with E-state index in [4.69, 9.17) is 0 Å². The molecule has 2 aromatic heterocycles. The molecule has 104 valence electrons. The van der Waals surface area contributed by atoms with Crippen LogP contribution in [0, 0.1) is 0 Å². The van der Waals surface area contributed by atoms with Crippen LogP contribution in [-0.2, 0) is 33.1 Å². The largest absolute Gasteiger partial charge is 0.333 e. The number of aromatic nitrogens is 4. The molecule has 2 heterocycles. The summed E-state index contributed by atoms with van der Waals surface area (Å²) in [6.45, 7) is 7.05. The van der Waals surface area contributed by atoms with E-state index in [1.54, 1.807) is 0 Å². The van der Waals surface area contributed by atoms with Crippen LogP contribution in [0.3, 0.4) is 0 Å². The molecule has 0 aromatic carbocycles. The Hall–Kier alpha value is -1.62. The lowest BCUT2D eigenvalue weighted by Gasteiger charge is -2.08. The predicted octanol–water partition coefficient (Wildman–Crippen LogP) is 1.88. The van der Waals surface area contributed by atoms with E-state index in [1.807, 2.05) is 24.3 Å². The molecule has 0 aliphatic rings. The molecule has 0 spiro atoms. The highest BCUT2D eigenvalue weighted by atomic mass is 15.3. The minimum absolute atomic E-state index is 0.845. The average molecular weight is 261 g/mol. The number of rotatable bonds is 7. The summed E-state index contributed by atoms with van der Waals surface area (Å²) in [7, 11) is 1.97. The number of aryl methyl sites for hydroxylation is 3. The summed E-state index contributed by atoms with van der Waals surface area (Å²) in [4.78, 5) is 4.21. The number of hydrogen-bond acceptors (Lipinski definition) is 3. The van der Waals surface area contributed by atoms with Crippen molar-refractivity contribution in [2.24, 2.45) is 7.05 Å². The first-order valence-electron chi connectivity index (χ1n) is 6.95. The topological polar surface area (TPSA) is 47.7 Å². The van der Waals surface area contributed by atoms with Gasteiger partial charge in [-0.1, -0.05) is 13.8 Å². The first kappa shape index (κ1) is 13.8. The van der Waals surface area contributed by atoms with Gasteiger partial charge in [-0.2, -0.15) is 5.10 Å². The van der Waals surface area contributed by atoms with E-state index >= 15 is 0 Å². The molecule has 2 rings (SSSR count). The molecule has 0 saturated carbocycles. The van der Waals surface area contributed by atoms with Crippen LogP contribution in [0.5, 0.6) is 0 Å². The second kappa shape index (κ2) is 6.52. The van der Waals surface area contributed by atoms with E-state index in [-0.39, 0.29) is 0 Å². The zero-order chi connectivity index (χ0) is 13.7. The van der Waals surface area contributed by atoms with Crippen molar-refractivity contribution in [3.8, 4) is 0 Å². The molecule has 0 aliphatic carbocycles. The van der Waals surface area contributed by atoms with Gasteiger partial charge in [0.05, 0.1) is 17.7 Å². The fourth-order valence-corrected chi connectivity index (χ4v) is 2.29. The predicted molar refractivity (Wildman–Crippen MR) is 75.6 cm³/mol. The molecular formula is C14H23N5. The maximum atomic E-state index is 4.45. The van der Waals surface area contributed by atoms with Gasteiger partial charge >= 0.3 is 0 Å². The second-order valence-corrected chi connectivity index (χ2v) is 4.81. The van der Waals surface area contributed by atoms with E-state index in [9.17, 15) is 0 Å². The highest BCUT2D eigenvalue weighted by Gasteiger charge is 2.06. The van der Waals surface area contributed by atoms with Crippen molar-refractivity contribution >= 4 is 0 Å². The molecule has 1 N–H and O–H groups in total. The molecule has 5 nitrogen and oxygen atoms in total. The van der Waals surface area contributed by atoms with Crippen LogP contribution in [0.4, 0.5) is 0 Å². The van der Waals surface area contributed by atoms with Crippen LogP contribution in [0.2, 0.25) is 0 Å². The molecule has 2 aromatic rings. The van der Waals surface area contributed by atoms with Gasteiger partial charge in [-0.3, -0.25) is 4.68 Å². The Bertz CT molecular complexity index is 512. The molecule has 0 saturated heterocycles. The van der Waals surface area contributed by atoms with Crippen molar-refractivity contribution in [2.75, 3.05) is 0 Å². The van der Waals surface area contributed by atoms with Crippen LogP contribution >= 0.6 is 0 Å². The fourth-order valence-electron chi connectivity index (χ4n) is 2.29. The van der Waals surface area contributed by atoms with Gasteiger partial charge in [0.1, 0.15) is 0 Å². The Labute approximate surface area is 114 Å². The van der Waals surface area contributed by atoms with E-state index in [0.717, 1.165) is 32.5 Å². The summed E-state index contributed by atoms with van der Waals surface area (Å²) < 4.78 is 4.09. The summed E-state index contributed by atoms with van der Waals surface area (Å²) >= 11 is 0. The molecule has 5 heteroatoms. The summed E-state index contributed by atoms with van der Waals surface area (Å²) in [5.41, 5.74) is 3.70. The quantitative estimate of drug-likeness (QED) is 0.828. The van der Waals surface area contributed by atoms with Crippen LogP contribution in [0.25, 0.3) is 0 Å². The Morgan fingerprint density at radius 3 is 2.84 bits per heavy atom. The van der Waals surface area contributed by atoms with Gasteiger partial charge in [-0.15, -0.1) is 0 Å². The number of nitrogens with one attached hydrogen (secondary N) is 1. The molecule has 0 atom stereocenters. The van der Waals surface area contributed by atoms with Crippen LogP contribution in [0.15, 0.2) is 18.7 Å². The number of nitrogens with zero attached hydrogens (tertiary/aromatic N) is 4. The first-order chi connectivity index (χ1) is 9.24. The third-order valence-corrected chi connectivity index (χ3v) is 3.21. The first-order valence-corrected chi connectivity index (χ1v) is 6.95. The van der Waals surface area contributed by atoms with Crippen molar-refractivity contribution in [3.05, 3.63) is 35.7 Å². The SMILES string of the molecule is CCCn1cncc1CNCc1cn(C)nc1CC. The Morgan fingerprint density at radius 1 is 1.26 bits per heavy atom. The van der Waals surface area contributed by atoms with Crippen LogP contribution in [-0.4, -0.2) is 19.3 Å². The highest BCUT2D eigenvalue weighted by molar-refractivity contribution is 5.16. The van der Waals surface area contributed by atoms with Crippen LogP contribution < -0.4 is 5.32 Å². The highest BCUT2D eigenvalue weighted by Crippen LogP contribution is 2.07. The van der Waals surface area contributed by atoms with Gasteiger partial charge in [-0.05, 0) is 12.8 Å². The lowest BCUT2D eigenvalue weighted by atomic mass is 10.2. The number of imidazole rings is 1. The average Bonchev–Trinajstić information content (AvgIpc) is 2.97. The maximum Gasteiger partial charge on any atom is 0.0948 e. The van der Waals surface area contributed by atoms with E-state index < -0.39 is 0 Å². The van der Waals surface area contributed by atoms with Crippen molar-refractivity contribution in [1.29, 1.82) is 0 Å². The summed E-state index contributed by atoms with van der Waals surface area (Å²) in [6, 6.07) is 0. The molecular weight excluding hydrogens is 238 g/mol. The van der Waals surface area contributed by atoms with Crippen molar-refractivity contribution in [1.82, 2.24) is 24.6 Å². The lowest BCUT2D eigenvalue weighted by Crippen LogP contribution is -2.16. The smallest absolute Gasteiger partial charge is 0.0948 e. The minimum Gasteiger partial charge on any atom is -0.333 e. The van der Waals surface area contributed by atoms with Gasteiger partial charge in [0.15, 0.2) is 0 Å². The maximum absolute atomic E-state index is 4.45. The minimum atomic E-state index is 0.845. The van der Waals surface area contributed by atoms with E-state index in [0.29, 0.717) is 0 Å². The van der Waals surface area contributed by atoms with E-state index in [1.165, 1.54) is 17.0 Å². The molecule has 0 radical (unpaired) electrons. The summed E-state index contributed by atoms with van der Waals surface area (Å²) in [5.74, 6) is 0. The van der Waals surface area contributed by atoms with Gasteiger partial charge in [0.25, 0.3) is 0 Å². The standard InChI is InChI=1S/C14H23N5/c1-4-6-19-11-16-9-13(19)8-15-7-12-10-18(3)17-14(12)5-2/h9-11,15H,4-8H2,1-3H3. The van der Waals surface area contributed by atoms with Gasteiger partial charge in [0.2, 0.25) is 0 Å². The third kappa shape index (κ3) is 3.44. The second-order valence-electron chi connectivity index (χ2n) is 4.81. The van der Waals surface area contributed by atoms with Gasteiger partial charge in [0, 0.05) is 44.6 Å². The van der Waals surface area contributed by atoms with Gasteiger partial charge in [-0.25, -0.2) is 4.98 Å². The Kier molecular flexibility index (Phi) is 4.74. The van der Waals surface area contributed by atoms with Gasteiger partial charge < -0.3 is 9.88 Å².